The third kappa shape index (κ3) is 5.39. The van der Waals surface area contributed by atoms with Crippen LogP contribution in [-0.2, 0) is 6.42 Å². The monoisotopic (exact) mass is 278 g/mol. The van der Waals surface area contributed by atoms with Crippen molar-refractivity contribution in [3.8, 4) is 11.5 Å². The van der Waals surface area contributed by atoms with Crippen molar-refractivity contribution in [1.29, 1.82) is 0 Å². The SMILES string of the molecule is COc1cc(CCCNCCNC2CC2)cc(OC)c1. The van der Waals surface area contributed by atoms with Crippen molar-refractivity contribution in [3.05, 3.63) is 23.8 Å². The zero-order valence-electron chi connectivity index (χ0n) is 12.6. The lowest BCUT2D eigenvalue weighted by molar-refractivity contribution is 0.393. The van der Waals surface area contributed by atoms with E-state index in [0.717, 1.165) is 50.0 Å². The minimum atomic E-state index is 0.807. The Labute approximate surface area is 121 Å². The fraction of sp³-hybridized carbons (Fsp3) is 0.625. The van der Waals surface area contributed by atoms with E-state index in [1.165, 1.54) is 18.4 Å². The molecule has 1 saturated carbocycles. The van der Waals surface area contributed by atoms with Crippen LogP contribution in [0, 0.1) is 0 Å². The highest BCUT2D eigenvalue weighted by molar-refractivity contribution is 5.38. The van der Waals surface area contributed by atoms with Crippen molar-refractivity contribution >= 4 is 0 Å². The van der Waals surface area contributed by atoms with Crippen LogP contribution in [0.15, 0.2) is 18.2 Å². The van der Waals surface area contributed by atoms with Crippen LogP contribution in [0.5, 0.6) is 11.5 Å². The van der Waals surface area contributed by atoms with Crippen LogP contribution in [-0.4, -0.2) is 39.9 Å². The van der Waals surface area contributed by atoms with Crippen molar-refractivity contribution in [2.75, 3.05) is 33.9 Å². The smallest absolute Gasteiger partial charge is 0.122 e. The quantitative estimate of drug-likeness (QED) is 0.642. The summed E-state index contributed by atoms with van der Waals surface area (Å²) >= 11 is 0. The summed E-state index contributed by atoms with van der Waals surface area (Å²) in [6.07, 6.45) is 4.88. The lowest BCUT2D eigenvalue weighted by Gasteiger charge is -2.09. The molecule has 1 aliphatic carbocycles. The lowest BCUT2D eigenvalue weighted by Crippen LogP contribution is -2.29. The molecule has 0 aromatic heterocycles. The molecule has 112 valence electrons. The van der Waals surface area contributed by atoms with Gasteiger partial charge in [-0.05, 0) is 49.9 Å². The van der Waals surface area contributed by atoms with Gasteiger partial charge in [0, 0.05) is 25.2 Å². The van der Waals surface area contributed by atoms with E-state index in [1.54, 1.807) is 14.2 Å². The Hall–Kier alpha value is -1.26. The Bertz CT molecular complexity index is 383. The summed E-state index contributed by atoms with van der Waals surface area (Å²) in [7, 11) is 3.37. The summed E-state index contributed by atoms with van der Waals surface area (Å²) in [5, 5.41) is 6.97. The van der Waals surface area contributed by atoms with E-state index in [0.29, 0.717) is 0 Å². The summed E-state index contributed by atoms with van der Waals surface area (Å²) in [5.41, 5.74) is 1.26. The van der Waals surface area contributed by atoms with Crippen LogP contribution in [0.4, 0.5) is 0 Å². The Morgan fingerprint density at radius 3 is 2.30 bits per heavy atom. The number of hydrogen-bond acceptors (Lipinski definition) is 4. The average Bonchev–Trinajstić information content (AvgIpc) is 3.30. The molecule has 0 bridgehead atoms. The van der Waals surface area contributed by atoms with Gasteiger partial charge in [-0.1, -0.05) is 0 Å². The normalized spacial score (nSPS) is 14.3. The standard InChI is InChI=1S/C16H26N2O2/c1-19-15-10-13(11-16(12-15)20-2)4-3-7-17-8-9-18-14-5-6-14/h10-12,14,17-18H,3-9H2,1-2H3. The maximum absolute atomic E-state index is 5.28. The predicted molar refractivity (Wildman–Crippen MR) is 81.8 cm³/mol. The van der Waals surface area contributed by atoms with E-state index < -0.39 is 0 Å². The van der Waals surface area contributed by atoms with Gasteiger partial charge in [-0.2, -0.15) is 0 Å². The first-order valence-corrected chi connectivity index (χ1v) is 7.48. The molecule has 0 amide bonds. The largest absolute Gasteiger partial charge is 0.497 e. The third-order valence-electron chi connectivity index (χ3n) is 3.54. The molecule has 0 unspecified atom stereocenters. The topological polar surface area (TPSA) is 42.5 Å². The van der Waals surface area contributed by atoms with Crippen molar-refractivity contribution < 1.29 is 9.47 Å². The number of rotatable bonds is 10. The number of aryl methyl sites for hydroxylation is 1. The molecule has 4 nitrogen and oxygen atoms in total. The summed E-state index contributed by atoms with van der Waals surface area (Å²) in [6.45, 7) is 3.18. The molecule has 20 heavy (non-hydrogen) atoms. The molecule has 0 spiro atoms. The lowest BCUT2D eigenvalue weighted by atomic mass is 10.1. The number of hydrogen-bond donors (Lipinski definition) is 2. The summed E-state index contributed by atoms with van der Waals surface area (Å²) in [4.78, 5) is 0. The molecule has 0 heterocycles. The molecule has 2 N–H and O–H groups in total. The number of nitrogens with one attached hydrogen (secondary N) is 2. The fourth-order valence-electron chi connectivity index (χ4n) is 2.21. The van der Waals surface area contributed by atoms with Crippen molar-refractivity contribution in [2.24, 2.45) is 0 Å². The molecule has 1 aromatic rings. The minimum Gasteiger partial charge on any atom is -0.497 e. The summed E-state index contributed by atoms with van der Waals surface area (Å²) in [5.74, 6) is 1.72. The number of methoxy groups -OCH3 is 2. The molecule has 4 heteroatoms. The van der Waals surface area contributed by atoms with E-state index >= 15 is 0 Å². The van der Waals surface area contributed by atoms with Gasteiger partial charge in [0.05, 0.1) is 14.2 Å². The van der Waals surface area contributed by atoms with Crippen molar-refractivity contribution in [3.63, 3.8) is 0 Å². The van der Waals surface area contributed by atoms with Gasteiger partial charge in [-0.25, -0.2) is 0 Å². The first-order valence-electron chi connectivity index (χ1n) is 7.48. The van der Waals surface area contributed by atoms with E-state index in [-0.39, 0.29) is 0 Å². The second-order valence-corrected chi connectivity index (χ2v) is 5.30. The molecular weight excluding hydrogens is 252 g/mol. The molecule has 1 fully saturated rings. The van der Waals surface area contributed by atoms with Crippen LogP contribution < -0.4 is 20.1 Å². The molecule has 2 rings (SSSR count). The first-order chi connectivity index (χ1) is 9.81. The van der Waals surface area contributed by atoms with Crippen LogP contribution in [0.3, 0.4) is 0 Å². The second-order valence-electron chi connectivity index (χ2n) is 5.30. The van der Waals surface area contributed by atoms with E-state index in [4.69, 9.17) is 9.47 Å². The van der Waals surface area contributed by atoms with Gasteiger partial charge in [0.1, 0.15) is 11.5 Å². The minimum absolute atomic E-state index is 0.807. The zero-order valence-corrected chi connectivity index (χ0v) is 12.6. The third-order valence-corrected chi connectivity index (χ3v) is 3.54. The van der Waals surface area contributed by atoms with E-state index in [2.05, 4.69) is 22.8 Å². The van der Waals surface area contributed by atoms with Gasteiger partial charge in [0.2, 0.25) is 0 Å². The van der Waals surface area contributed by atoms with Crippen LogP contribution in [0.25, 0.3) is 0 Å². The van der Waals surface area contributed by atoms with E-state index in [9.17, 15) is 0 Å². The Kier molecular flexibility index (Phi) is 6.15. The number of benzene rings is 1. The van der Waals surface area contributed by atoms with E-state index in [1.807, 2.05) is 6.07 Å². The molecule has 0 aliphatic heterocycles. The molecule has 0 saturated heterocycles. The van der Waals surface area contributed by atoms with Crippen LogP contribution in [0.1, 0.15) is 24.8 Å². The van der Waals surface area contributed by atoms with Gasteiger partial charge in [-0.15, -0.1) is 0 Å². The highest BCUT2D eigenvalue weighted by atomic mass is 16.5. The Morgan fingerprint density at radius 2 is 1.70 bits per heavy atom. The van der Waals surface area contributed by atoms with Gasteiger partial charge in [0.25, 0.3) is 0 Å². The Balaban J connectivity index is 1.62. The van der Waals surface area contributed by atoms with Crippen molar-refractivity contribution in [1.82, 2.24) is 10.6 Å². The summed E-state index contributed by atoms with van der Waals surface area (Å²) < 4.78 is 10.6. The van der Waals surface area contributed by atoms with Gasteiger partial charge < -0.3 is 20.1 Å². The van der Waals surface area contributed by atoms with Gasteiger partial charge in [-0.3, -0.25) is 0 Å². The van der Waals surface area contributed by atoms with Gasteiger partial charge >= 0.3 is 0 Å². The zero-order chi connectivity index (χ0) is 14.2. The molecule has 1 aliphatic rings. The highest BCUT2D eigenvalue weighted by Gasteiger charge is 2.19. The molecule has 0 atom stereocenters. The van der Waals surface area contributed by atoms with Crippen LogP contribution >= 0.6 is 0 Å². The first kappa shape index (κ1) is 15.1. The maximum atomic E-state index is 5.28. The second kappa shape index (κ2) is 8.12. The summed E-state index contributed by atoms with van der Waals surface area (Å²) in [6, 6.07) is 6.88. The predicted octanol–water partition coefficient (Wildman–Crippen LogP) is 1.98. The van der Waals surface area contributed by atoms with Gasteiger partial charge in [0.15, 0.2) is 0 Å². The highest BCUT2D eigenvalue weighted by Crippen LogP contribution is 2.23. The number of ether oxygens (including phenoxy) is 2. The molecular formula is C16H26N2O2. The van der Waals surface area contributed by atoms with Crippen molar-refractivity contribution in [2.45, 2.75) is 31.7 Å². The maximum Gasteiger partial charge on any atom is 0.122 e. The Morgan fingerprint density at radius 1 is 1.00 bits per heavy atom. The fourth-order valence-corrected chi connectivity index (χ4v) is 2.21. The van der Waals surface area contributed by atoms with Crippen LogP contribution in [0.2, 0.25) is 0 Å². The molecule has 0 radical (unpaired) electrons. The average molecular weight is 278 g/mol. The molecule has 1 aromatic carbocycles.